The fourth-order valence-corrected chi connectivity index (χ4v) is 4.65. The molecule has 0 fully saturated rings. The first kappa shape index (κ1) is 16.3. The summed E-state index contributed by atoms with van der Waals surface area (Å²) in [5.74, 6) is 0.373. The number of rotatable bonds is 8. The smallest absolute Gasteiger partial charge is 0.173 e. The number of carbonyl (C=O) groups excluding carboxylic acids is 2. The van der Waals surface area contributed by atoms with Gasteiger partial charge in [-0.05, 0) is 47.9 Å². The van der Waals surface area contributed by atoms with Crippen molar-refractivity contribution in [2.24, 2.45) is 0 Å². The summed E-state index contributed by atoms with van der Waals surface area (Å²) < 4.78 is 0. The highest BCUT2D eigenvalue weighted by Gasteiger charge is 2.12. The molecule has 0 saturated heterocycles. The molecule has 5 heteroatoms. The molecule has 0 aliphatic heterocycles. The van der Waals surface area contributed by atoms with E-state index in [0.717, 1.165) is 21.1 Å². The third-order valence-corrected chi connectivity index (χ3v) is 6.54. The Hall–Kier alpha value is -1.56. The van der Waals surface area contributed by atoms with Gasteiger partial charge in [-0.2, -0.15) is 0 Å². The molecule has 0 aliphatic rings. The van der Waals surface area contributed by atoms with Crippen LogP contribution in [-0.2, 0) is 12.8 Å². The lowest BCUT2D eigenvalue weighted by molar-refractivity contribution is 0.0979. The Morgan fingerprint density at radius 3 is 2.13 bits per heavy atom. The summed E-state index contributed by atoms with van der Waals surface area (Å²) in [4.78, 5) is 28.2. The highest BCUT2D eigenvalue weighted by Crippen LogP contribution is 2.22. The molecule has 3 rings (SSSR count). The van der Waals surface area contributed by atoms with Crippen molar-refractivity contribution >= 4 is 45.6 Å². The Kier molecular flexibility index (Phi) is 5.54. The van der Waals surface area contributed by atoms with Crippen molar-refractivity contribution in [3.05, 3.63) is 66.7 Å². The topological polar surface area (TPSA) is 34.1 Å². The Labute approximate surface area is 147 Å². The number of hydrogen-bond acceptors (Lipinski definition) is 5. The molecule has 0 saturated carbocycles. The molecule has 0 amide bonds. The van der Waals surface area contributed by atoms with Crippen LogP contribution in [0.2, 0.25) is 0 Å². The molecule has 0 spiro atoms. The summed E-state index contributed by atoms with van der Waals surface area (Å²) in [5, 5.41) is 3.95. The van der Waals surface area contributed by atoms with Crippen molar-refractivity contribution in [1.82, 2.24) is 0 Å². The summed E-state index contributed by atoms with van der Waals surface area (Å²) in [6, 6.07) is 11.7. The summed E-state index contributed by atoms with van der Waals surface area (Å²) in [5.41, 5.74) is 0. The van der Waals surface area contributed by atoms with E-state index in [1.165, 1.54) is 27.6 Å². The summed E-state index contributed by atoms with van der Waals surface area (Å²) in [6.45, 7) is 0. The first-order valence-electron chi connectivity index (χ1n) is 7.43. The molecular weight excluding hydrogens is 344 g/mol. The number of Topliss-reactive ketones (excluding diaryl/α,β-unsaturated/α-hetero) is 2. The van der Waals surface area contributed by atoms with Gasteiger partial charge in [0.1, 0.15) is 0 Å². The molecule has 3 aromatic heterocycles. The first-order chi connectivity index (χ1) is 11.2. The van der Waals surface area contributed by atoms with E-state index < -0.39 is 0 Å². The van der Waals surface area contributed by atoms with Crippen molar-refractivity contribution in [3.63, 3.8) is 0 Å². The van der Waals surface area contributed by atoms with Gasteiger partial charge < -0.3 is 0 Å². The molecule has 0 aromatic carbocycles. The molecule has 0 bridgehead atoms. The van der Waals surface area contributed by atoms with Crippen molar-refractivity contribution in [1.29, 1.82) is 0 Å². The van der Waals surface area contributed by atoms with Crippen LogP contribution in [0.15, 0.2) is 47.2 Å². The van der Waals surface area contributed by atoms with E-state index in [2.05, 4.69) is 6.07 Å². The molecule has 0 atom stereocenters. The minimum absolute atomic E-state index is 0.180. The normalized spacial score (nSPS) is 10.8. The highest BCUT2D eigenvalue weighted by molar-refractivity contribution is 7.14. The maximum absolute atomic E-state index is 12.2. The van der Waals surface area contributed by atoms with Crippen molar-refractivity contribution < 1.29 is 9.59 Å². The number of aryl methyl sites for hydroxylation is 2. The molecule has 0 radical (unpaired) electrons. The van der Waals surface area contributed by atoms with Crippen LogP contribution in [0.3, 0.4) is 0 Å². The average Bonchev–Trinajstić information content (AvgIpc) is 3.32. The van der Waals surface area contributed by atoms with Gasteiger partial charge in [-0.25, -0.2) is 0 Å². The quantitative estimate of drug-likeness (QED) is 0.497. The van der Waals surface area contributed by atoms with E-state index >= 15 is 0 Å². The lowest BCUT2D eigenvalue weighted by Crippen LogP contribution is -1.98. The average molecular weight is 361 g/mol. The van der Waals surface area contributed by atoms with Gasteiger partial charge >= 0.3 is 0 Å². The van der Waals surface area contributed by atoms with Crippen LogP contribution in [0.5, 0.6) is 0 Å². The van der Waals surface area contributed by atoms with Crippen molar-refractivity contribution in [3.8, 4) is 0 Å². The first-order valence-corrected chi connectivity index (χ1v) is 10.0. The Morgan fingerprint density at radius 1 is 0.739 bits per heavy atom. The Bertz CT molecular complexity index is 767. The maximum Gasteiger partial charge on any atom is 0.173 e. The van der Waals surface area contributed by atoms with Gasteiger partial charge in [0.2, 0.25) is 0 Å². The SMILES string of the molecule is O=C(CCc1ccc(C(=O)CCc2cccs2)s1)c1cccs1. The summed E-state index contributed by atoms with van der Waals surface area (Å²) in [7, 11) is 0. The van der Waals surface area contributed by atoms with Gasteiger partial charge in [0, 0.05) is 22.6 Å². The molecule has 3 aromatic rings. The number of ketones is 2. The third kappa shape index (κ3) is 4.47. The second-order valence-corrected chi connectivity index (χ2v) is 8.32. The molecule has 118 valence electrons. The second-order valence-electron chi connectivity index (χ2n) is 5.17. The zero-order chi connectivity index (χ0) is 16.1. The van der Waals surface area contributed by atoms with Crippen LogP contribution in [-0.4, -0.2) is 11.6 Å². The van der Waals surface area contributed by atoms with Crippen LogP contribution in [0, 0.1) is 0 Å². The van der Waals surface area contributed by atoms with Gasteiger partial charge in [-0.15, -0.1) is 34.0 Å². The van der Waals surface area contributed by atoms with E-state index in [-0.39, 0.29) is 11.6 Å². The van der Waals surface area contributed by atoms with E-state index in [4.69, 9.17) is 0 Å². The van der Waals surface area contributed by atoms with Crippen LogP contribution >= 0.6 is 34.0 Å². The lowest BCUT2D eigenvalue weighted by Gasteiger charge is -1.97. The minimum Gasteiger partial charge on any atom is -0.293 e. The van der Waals surface area contributed by atoms with Gasteiger partial charge in [0.15, 0.2) is 11.6 Å². The maximum atomic E-state index is 12.2. The summed E-state index contributed by atoms with van der Waals surface area (Å²) >= 11 is 4.69. The molecule has 0 unspecified atom stereocenters. The Balaban J connectivity index is 1.51. The van der Waals surface area contributed by atoms with Crippen LogP contribution in [0.4, 0.5) is 0 Å². The van der Waals surface area contributed by atoms with Crippen LogP contribution < -0.4 is 0 Å². The van der Waals surface area contributed by atoms with Gasteiger partial charge in [-0.3, -0.25) is 9.59 Å². The Morgan fingerprint density at radius 2 is 1.43 bits per heavy atom. The van der Waals surface area contributed by atoms with Crippen molar-refractivity contribution in [2.45, 2.75) is 25.7 Å². The van der Waals surface area contributed by atoms with Gasteiger partial charge in [0.05, 0.1) is 9.75 Å². The predicted octanol–water partition coefficient (Wildman–Crippen LogP) is 5.50. The third-order valence-electron chi connectivity index (χ3n) is 3.51. The van der Waals surface area contributed by atoms with E-state index in [1.807, 2.05) is 41.1 Å². The fraction of sp³-hybridized carbons (Fsp3) is 0.222. The van der Waals surface area contributed by atoms with Crippen LogP contribution in [0.25, 0.3) is 0 Å². The lowest BCUT2D eigenvalue weighted by atomic mass is 10.1. The van der Waals surface area contributed by atoms with E-state index in [1.54, 1.807) is 11.3 Å². The summed E-state index contributed by atoms with van der Waals surface area (Å²) in [6.07, 6.45) is 2.57. The molecule has 2 nitrogen and oxygen atoms in total. The van der Waals surface area contributed by atoms with Crippen LogP contribution in [0.1, 0.15) is 41.9 Å². The van der Waals surface area contributed by atoms with Gasteiger partial charge in [0.25, 0.3) is 0 Å². The van der Waals surface area contributed by atoms with E-state index in [0.29, 0.717) is 19.3 Å². The molecule has 0 aliphatic carbocycles. The predicted molar refractivity (Wildman–Crippen MR) is 98.3 cm³/mol. The number of hydrogen-bond donors (Lipinski definition) is 0. The number of carbonyl (C=O) groups is 2. The fourth-order valence-electron chi connectivity index (χ4n) is 2.27. The largest absolute Gasteiger partial charge is 0.293 e. The van der Waals surface area contributed by atoms with E-state index in [9.17, 15) is 9.59 Å². The molecule has 0 N–H and O–H groups in total. The molecular formula is C18H16O2S3. The highest BCUT2D eigenvalue weighted by atomic mass is 32.1. The minimum atomic E-state index is 0.180. The molecule has 23 heavy (non-hydrogen) atoms. The zero-order valence-corrected chi connectivity index (χ0v) is 14.9. The standard InChI is InChI=1S/C18H16O2S3/c19-15(17-4-2-12-22-17)9-6-14-7-10-18(23-14)16(20)8-5-13-3-1-11-21-13/h1-4,7,10-12H,5-6,8-9H2. The second kappa shape index (κ2) is 7.81. The number of thiophene rings is 3. The monoisotopic (exact) mass is 360 g/mol. The van der Waals surface area contributed by atoms with Gasteiger partial charge in [-0.1, -0.05) is 12.1 Å². The zero-order valence-electron chi connectivity index (χ0n) is 12.5. The molecule has 3 heterocycles. The van der Waals surface area contributed by atoms with Crippen molar-refractivity contribution in [2.75, 3.05) is 0 Å².